The van der Waals surface area contributed by atoms with Crippen molar-refractivity contribution in [1.29, 1.82) is 0 Å². The van der Waals surface area contributed by atoms with E-state index < -0.39 is 10.8 Å². The second-order valence-corrected chi connectivity index (χ2v) is 6.75. The minimum atomic E-state index is -0.544. The first-order valence-electron chi connectivity index (χ1n) is 7.88. The Balaban J connectivity index is 1.93. The van der Waals surface area contributed by atoms with Crippen LogP contribution in [0.2, 0.25) is 0 Å². The van der Waals surface area contributed by atoms with E-state index in [1.807, 2.05) is 32.0 Å². The van der Waals surface area contributed by atoms with Crippen LogP contribution in [0.1, 0.15) is 21.6 Å². The highest BCUT2D eigenvalue weighted by Crippen LogP contribution is 2.32. The van der Waals surface area contributed by atoms with Gasteiger partial charge in [-0.2, -0.15) is 5.10 Å². The number of aromatic nitrogens is 2. The number of carbonyl (C=O) groups excluding carboxylic acids is 1. The minimum Gasteiger partial charge on any atom is -0.457 e. The van der Waals surface area contributed by atoms with Gasteiger partial charge in [0.1, 0.15) is 17.2 Å². The van der Waals surface area contributed by atoms with Crippen LogP contribution in [0.3, 0.4) is 0 Å². The molecule has 0 fully saturated rings. The molecule has 3 aromatic rings. The Labute approximate surface area is 162 Å². The van der Waals surface area contributed by atoms with Gasteiger partial charge in [0, 0.05) is 12.1 Å². The first-order chi connectivity index (χ1) is 12.8. The average molecular weight is 431 g/mol. The van der Waals surface area contributed by atoms with Gasteiger partial charge in [0.2, 0.25) is 0 Å². The van der Waals surface area contributed by atoms with E-state index in [1.54, 1.807) is 0 Å². The molecule has 9 heteroatoms. The maximum Gasteiger partial charge on any atom is 0.275 e. The van der Waals surface area contributed by atoms with Crippen LogP contribution in [0.25, 0.3) is 0 Å². The van der Waals surface area contributed by atoms with Crippen LogP contribution in [0, 0.1) is 24.0 Å². The molecule has 0 aliphatic heterocycles. The summed E-state index contributed by atoms with van der Waals surface area (Å²) < 4.78 is 6.32. The number of ether oxygens (including phenoxy) is 1. The molecule has 2 aromatic carbocycles. The normalized spacial score (nSPS) is 10.5. The fourth-order valence-electron chi connectivity index (χ4n) is 2.39. The fraction of sp³-hybridized carbons (Fsp3) is 0.111. The number of rotatable bonds is 5. The van der Waals surface area contributed by atoms with Crippen molar-refractivity contribution in [2.75, 3.05) is 5.32 Å². The zero-order chi connectivity index (χ0) is 19.6. The Bertz CT molecular complexity index is 1030. The van der Waals surface area contributed by atoms with Crippen molar-refractivity contribution in [2.24, 2.45) is 0 Å². The molecule has 0 aliphatic carbocycles. The van der Waals surface area contributed by atoms with Crippen LogP contribution in [-0.4, -0.2) is 21.0 Å². The number of H-pyrrole nitrogens is 1. The molecule has 2 N–H and O–H groups in total. The zero-order valence-electron chi connectivity index (χ0n) is 14.4. The number of aryl methyl sites for hydroxylation is 2. The van der Waals surface area contributed by atoms with Gasteiger partial charge in [0.15, 0.2) is 0 Å². The summed E-state index contributed by atoms with van der Waals surface area (Å²) in [4.78, 5) is 23.0. The lowest BCUT2D eigenvalue weighted by Crippen LogP contribution is -2.13. The van der Waals surface area contributed by atoms with E-state index in [4.69, 9.17) is 4.74 Å². The van der Waals surface area contributed by atoms with Crippen molar-refractivity contribution in [2.45, 2.75) is 13.8 Å². The molecule has 0 atom stereocenters. The summed E-state index contributed by atoms with van der Waals surface area (Å²) in [5, 5.41) is 20.2. The first-order valence-corrected chi connectivity index (χ1v) is 8.67. The first kappa shape index (κ1) is 18.6. The molecule has 3 rings (SSSR count). The van der Waals surface area contributed by atoms with Gasteiger partial charge in [-0.1, -0.05) is 12.1 Å². The SMILES string of the molecule is Cc1ccc(C)c(Oc2cc(NC(=O)c3[nH]ncc3Br)cc([N+](=O)[O-])c2)c1. The zero-order valence-corrected chi connectivity index (χ0v) is 16.0. The molecular weight excluding hydrogens is 416 g/mol. The molecule has 1 heterocycles. The van der Waals surface area contributed by atoms with Crippen LogP contribution in [-0.2, 0) is 0 Å². The Kier molecular flexibility index (Phi) is 5.22. The lowest BCUT2D eigenvalue weighted by Gasteiger charge is -2.11. The number of aromatic amines is 1. The number of non-ortho nitro benzene ring substituents is 1. The Hall–Kier alpha value is -3.20. The summed E-state index contributed by atoms with van der Waals surface area (Å²) in [6.07, 6.45) is 1.44. The highest BCUT2D eigenvalue weighted by atomic mass is 79.9. The van der Waals surface area contributed by atoms with Gasteiger partial charge in [0.25, 0.3) is 11.6 Å². The molecule has 0 aliphatic rings. The minimum absolute atomic E-state index is 0.197. The molecule has 1 aromatic heterocycles. The van der Waals surface area contributed by atoms with Gasteiger partial charge in [-0.05, 0) is 47.0 Å². The quantitative estimate of drug-likeness (QED) is 0.448. The number of nitrogens with zero attached hydrogens (tertiary/aromatic N) is 2. The number of benzene rings is 2. The largest absolute Gasteiger partial charge is 0.457 e. The average Bonchev–Trinajstić information content (AvgIpc) is 3.04. The number of nitro benzene ring substituents is 1. The summed E-state index contributed by atoms with van der Waals surface area (Å²) in [7, 11) is 0. The maximum atomic E-state index is 12.3. The smallest absolute Gasteiger partial charge is 0.275 e. The van der Waals surface area contributed by atoms with Gasteiger partial charge >= 0.3 is 0 Å². The van der Waals surface area contributed by atoms with Crippen LogP contribution in [0.15, 0.2) is 47.1 Å². The number of carbonyl (C=O) groups is 1. The van der Waals surface area contributed by atoms with E-state index in [0.29, 0.717) is 10.2 Å². The van der Waals surface area contributed by atoms with Crippen LogP contribution >= 0.6 is 15.9 Å². The van der Waals surface area contributed by atoms with Gasteiger partial charge in [-0.3, -0.25) is 20.0 Å². The number of hydrogen-bond acceptors (Lipinski definition) is 5. The van der Waals surface area contributed by atoms with Crippen LogP contribution in [0.4, 0.5) is 11.4 Å². The lowest BCUT2D eigenvalue weighted by atomic mass is 10.1. The second kappa shape index (κ2) is 7.58. The van der Waals surface area contributed by atoms with E-state index in [0.717, 1.165) is 11.1 Å². The molecule has 0 radical (unpaired) electrons. The number of halogens is 1. The third kappa shape index (κ3) is 4.32. The summed E-state index contributed by atoms with van der Waals surface area (Å²) >= 11 is 3.20. The van der Waals surface area contributed by atoms with Crippen molar-refractivity contribution in [3.05, 3.63) is 74.0 Å². The summed E-state index contributed by atoms with van der Waals surface area (Å²) in [6, 6.07) is 9.79. The highest BCUT2D eigenvalue weighted by molar-refractivity contribution is 9.10. The summed E-state index contributed by atoms with van der Waals surface area (Å²) in [5.41, 5.74) is 2.13. The lowest BCUT2D eigenvalue weighted by molar-refractivity contribution is -0.384. The van der Waals surface area contributed by atoms with E-state index in [1.165, 1.54) is 24.4 Å². The van der Waals surface area contributed by atoms with E-state index in [-0.39, 0.29) is 22.8 Å². The molecule has 0 bridgehead atoms. The third-order valence-electron chi connectivity index (χ3n) is 3.75. The topological polar surface area (TPSA) is 110 Å². The molecular formula is C18H15BrN4O4. The van der Waals surface area contributed by atoms with E-state index in [2.05, 4.69) is 31.4 Å². The Morgan fingerprint density at radius 1 is 1.26 bits per heavy atom. The highest BCUT2D eigenvalue weighted by Gasteiger charge is 2.16. The second-order valence-electron chi connectivity index (χ2n) is 5.89. The predicted molar refractivity (Wildman–Crippen MR) is 103 cm³/mol. The molecule has 27 heavy (non-hydrogen) atoms. The summed E-state index contributed by atoms with van der Waals surface area (Å²) in [5.74, 6) is 0.346. The van der Waals surface area contributed by atoms with Crippen LogP contribution in [0.5, 0.6) is 11.5 Å². The van der Waals surface area contributed by atoms with Crippen molar-refractivity contribution >= 4 is 33.2 Å². The van der Waals surface area contributed by atoms with Gasteiger partial charge in [-0.25, -0.2) is 0 Å². The van der Waals surface area contributed by atoms with Gasteiger partial charge in [-0.15, -0.1) is 0 Å². The van der Waals surface area contributed by atoms with Crippen molar-refractivity contribution in [3.8, 4) is 11.5 Å². The van der Waals surface area contributed by atoms with Crippen LogP contribution < -0.4 is 10.1 Å². The number of amides is 1. The number of nitrogens with one attached hydrogen (secondary N) is 2. The predicted octanol–water partition coefficient (Wildman–Crippen LogP) is 4.74. The van der Waals surface area contributed by atoms with Crippen molar-refractivity contribution < 1.29 is 14.5 Å². The monoisotopic (exact) mass is 430 g/mol. The molecule has 138 valence electrons. The standard InChI is InChI=1S/C18H15BrN4O4/c1-10-3-4-11(2)16(5-10)27-14-7-12(6-13(8-14)23(25)26)21-18(24)17-15(19)9-20-22-17/h3-9H,1-2H3,(H,20,22)(H,21,24). The van der Waals surface area contributed by atoms with Crippen molar-refractivity contribution in [1.82, 2.24) is 10.2 Å². The Morgan fingerprint density at radius 3 is 2.70 bits per heavy atom. The van der Waals surface area contributed by atoms with Crippen molar-refractivity contribution in [3.63, 3.8) is 0 Å². The summed E-state index contributed by atoms with van der Waals surface area (Å²) in [6.45, 7) is 3.80. The number of nitro groups is 1. The Morgan fingerprint density at radius 2 is 2.04 bits per heavy atom. The van der Waals surface area contributed by atoms with Gasteiger partial charge < -0.3 is 10.1 Å². The van der Waals surface area contributed by atoms with Gasteiger partial charge in [0.05, 0.1) is 27.3 Å². The molecule has 8 nitrogen and oxygen atoms in total. The maximum absolute atomic E-state index is 12.3. The van der Waals surface area contributed by atoms with E-state index in [9.17, 15) is 14.9 Å². The molecule has 1 amide bonds. The number of anilines is 1. The molecule has 0 saturated carbocycles. The molecule has 0 spiro atoms. The van der Waals surface area contributed by atoms with E-state index >= 15 is 0 Å². The molecule has 0 unspecified atom stereocenters. The third-order valence-corrected chi connectivity index (χ3v) is 4.35. The fourth-order valence-corrected chi connectivity index (χ4v) is 2.76. The number of hydrogen-bond donors (Lipinski definition) is 2. The molecule has 0 saturated heterocycles.